The van der Waals surface area contributed by atoms with E-state index in [4.69, 9.17) is 0 Å². The molecule has 0 saturated carbocycles. The van der Waals surface area contributed by atoms with E-state index in [2.05, 4.69) is 25.9 Å². The highest BCUT2D eigenvalue weighted by atomic mass is 79.9. The molecule has 0 spiro atoms. The molecule has 1 atom stereocenters. The number of aromatic nitrogens is 2. The van der Waals surface area contributed by atoms with Gasteiger partial charge in [0, 0.05) is 37.0 Å². The standard InChI is InChI=1S/C16H15BrFN5/c1-22(16-20-4-2-5-21-16)12-3-6-23(10-12)15-8-11(17)7-14(18)13(15)9-19/h2,4-5,7-8,12H,3,6,10H2,1H3. The number of anilines is 2. The van der Waals surface area contributed by atoms with Crippen LogP contribution >= 0.6 is 15.9 Å². The summed E-state index contributed by atoms with van der Waals surface area (Å²) in [6.45, 7) is 1.45. The van der Waals surface area contributed by atoms with Gasteiger partial charge in [0.15, 0.2) is 0 Å². The van der Waals surface area contributed by atoms with Crippen LogP contribution in [-0.2, 0) is 0 Å². The molecule has 0 amide bonds. The number of nitrogens with zero attached hydrogens (tertiary/aromatic N) is 5. The van der Waals surface area contributed by atoms with Crippen molar-refractivity contribution in [2.75, 3.05) is 29.9 Å². The zero-order chi connectivity index (χ0) is 16.4. The third kappa shape index (κ3) is 3.13. The lowest BCUT2D eigenvalue weighted by molar-refractivity contribution is 0.622. The van der Waals surface area contributed by atoms with Gasteiger partial charge in [-0.1, -0.05) is 15.9 Å². The minimum absolute atomic E-state index is 0.0902. The summed E-state index contributed by atoms with van der Waals surface area (Å²) in [4.78, 5) is 12.6. The van der Waals surface area contributed by atoms with Crippen LogP contribution in [0.3, 0.4) is 0 Å². The normalized spacial score (nSPS) is 17.1. The van der Waals surface area contributed by atoms with E-state index in [9.17, 15) is 9.65 Å². The second-order valence-corrected chi connectivity index (χ2v) is 6.36. The van der Waals surface area contributed by atoms with Gasteiger partial charge in [-0.3, -0.25) is 0 Å². The Morgan fingerprint density at radius 2 is 2.13 bits per heavy atom. The summed E-state index contributed by atoms with van der Waals surface area (Å²) in [5.74, 6) is 0.167. The minimum atomic E-state index is -0.500. The fourth-order valence-electron chi connectivity index (χ4n) is 2.83. The van der Waals surface area contributed by atoms with Gasteiger partial charge in [-0.15, -0.1) is 0 Å². The molecule has 1 aliphatic rings. The van der Waals surface area contributed by atoms with Crippen LogP contribution in [0.25, 0.3) is 0 Å². The quantitative estimate of drug-likeness (QED) is 0.825. The molecule has 1 saturated heterocycles. The molecule has 118 valence electrons. The zero-order valence-corrected chi connectivity index (χ0v) is 14.2. The Morgan fingerprint density at radius 3 is 2.83 bits per heavy atom. The second kappa shape index (κ2) is 6.50. The third-order valence-electron chi connectivity index (χ3n) is 4.07. The fraction of sp³-hybridized carbons (Fsp3) is 0.312. The highest BCUT2D eigenvalue weighted by Gasteiger charge is 2.29. The number of rotatable bonds is 3. The molecule has 7 heteroatoms. The number of hydrogen-bond acceptors (Lipinski definition) is 5. The maximum atomic E-state index is 14.0. The Bertz CT molecular complexity index is 746. The van der Waals surface area contributed by atoms with Crippen molar-refractivity contribution < 1.29 is 4.39 Å². The number of hydrogen-bond donors (Lipinski definition) is 0. The first-order chi connectivity index (χ1) is 11.1. The van der Waals surface area contributed by atoms with Crippen LogP contribution in [0.4, 0.5) is 16.0 Å². The summed E-state index contributed by atoms with van der Waals surface area (Å²) < 4.78 is 14.6. The molecule has 0 bridgehead atoms. The van der Waals surface area contributed by atoms with Crippen LogP contribution in [-0.4, -0.2) is 36.1 Å². The highest BCUT2D eigenvalue weighted by molar-refractivity contribution is 9.10. The summed E-state index contributed by atoms with van der Waals surface area (Å²) in [6.07, 6.45) is 4.32. The van der Waals surface area contributed by atoms with Gasteiger partial charge in [-0.25, -0.2) is 14.4 Å². The lowest BCUT2D eigenvalue weighted by atomic mass is 10.1. The van der Waals surface area contributed by atoms with E-state index in [0.717, 1.165) is 13.0 Å². The molecule has 1 aromatic carbocycles. The molecular formula is C16H15BrFN5. The predicted molar refractivity (Wildman–Crippen MR) is 89.9 cm³/mol. The van der Waals surface area contributed by atoms with Gasteiger partial charge in [0.05, 0.1) is 11.7 Å². The lowest BCUT2D eigenvalue weighted by Crippen LogP contribution is -2.35. The third-order valence-corrected chi connectivity index (χ3v) is 4.52. The van der Waals surface area contributed by atoms with Crippen molar-refractivity contribution in [1.82, 2.24) is 9.97 Å². The van der Waals surface area contributed by atoms with Crippen LogP contribution in [0.1, 0.15) is 12.0 Å². The van der Waals surface area contributed by atoms with Gasteiger partial charge in [0.25, 0.3) is 0 Å². The first-order valence-electron chi connectivity index (χ1n) is 7.24. The summed E-state index contributed by atoms with van der Waals surface area (Å²) in [7, 11) is 1.95. The summed E-state index contributed by atoms with van der Waals surface area (Å²) in [5.41, 5.74) is 0.719. The van der Waals surface area contributed by atoms with Crippen LogP contribution < -0.4 is 9.80 Å². The van der Waals surface area contributed by atoms with Gasteiger partial charge in [-0.2, -0.15) is 5.26 Å². The van der Waals surface area contributed by atoms with Crippen molar-refractivity contribution in [2.45, 2.75) is 12.5 Å². The molecule has 0 aliphatic carbocycles. The maximum Gasteiger partial charge on any atom is 0.225 e. The van der Waals surface area contributed by atoms with Gasteiger partial charge in [0.1, 0.15) is 17.4 Å². The number of benzene rings is 1. The average Bonchev–Trinajstić information content (AvgIpc) is 3.04. The van der Waals surface area contributed by atoms with Gasteiger partial charge in [0.2, 0.25) is 5.95 Å². The van der Waals surface area contributed by atoms with Crippen LogP contribution in [0.15, 0.2) is 35.1 Å². The highest BCUT2D eigenvalue weighted by Crippen LogP contribution is 2.31. The van der Waals surface area contributed by atoms with Crippen molar-refractivity contribution in [3.8, 4) is 6.07 Å². The summed E-state index contributed by atoms with van der Waals surface area (Å²) in [6, 6.07) is 7.07. The Hall–Kier alpha value is -2.20. The van der Waals surface area contributed by atoms with E-state index < -0.39 is 5.82 Å². The van der Waals surface area contributed by atoms with Crippen LogP contribution in [0.5, 0.6) is 0 Å². The largest absolute Gasteiger partial charge is 0.368 e. The molecule has 0 N–H and O–H groups in total. The molecule has 1 aliphatic heterocycles. The van der Waals surface area contributed by atoms with E-state index in [1.165, 1.54) is 6.07 Å². The smallest absolute Gasteiger partial charge is 0.225 e. The first kappa shape index (κ1) is 15.7. The average molecular weight is 376 g/mol. The van der Waals surface area contributed by atoms with Gasteiger partial charge >= 0.3 is 0 Å². The van der Waals surface area contributed by atoms with E-state index >= 15 is 0 Å². The Morgan fingerprint density at radius 1 is 1.39 bits per heavy atom. The van der Waals surface area contributed by atoms with Gasteiger partial charge in [-0.05, 0) is 24.6 Å². The van der Waals surface area contributed by atoms with E-state index in [0.29, 0.717) is 22.7 Å². The molecular weight excluding hydrogens is 361 g/mol. The molecule has 2 aromatic rings. The topological polar surface area (TPSA) is 56.1 Å². The Balaban J connectivity index is 1.82. The monoisotopic (exact) mass is 375 g/mol. The molecule has 3 rings (SSSR count). The number of likely N-dealkylation sites (N-methyl/N-ethyl adjacent to an activating group) is 1. The molecule has 1 aromatic heterocycles. The van der Waals surface area contributed by atoms with Crippen molar-refractivity contribution in [3.63, 3.8) is 0 Å². The van der Waals surface area contributed by atoms with Crippen LogP contribution in [0, 0.1) is 17.1 Å². The summed E-state index contributed by atoms with van der Waals surface area (Å²) >= 11 is 3.30. The maximum absolute atomic E-state index is 14.0. The zero-order valence-electron chi connectivity index (χ0n) is 12.6. The minimum Gasteiger partial charge on any atom is -0.368 e. The van der Waals surface area contributed by atoms with Crippen LogP contribution in [0.2, 0.25) is 0 Å². The van der Waals surface area contributed by atoms with Gasteiger partial charge < -0.3 is 9.80 Å². The van der Waals surface area contributed by atoms with Crippen molar-refractivity contribution in [1.29, 1.82) is 5.26 Å². The lowest BCUT2D eigenvalue weighted by Gasteiger charge is -2.25. The Labute approximate surface area is 142 Å². The number of nitriles is 1. The van der Waals surface area contributed by atoms with E-state index in [1.54, 1.807) is 24.5 Å². The Kier molecular flexibility index (Phi) is 4.44. The van der Waals surface area contributed by atoms with Crippen molar-refractivity contribution in [2.24, 2.45) is 0 Å². The fourth-order valence-corrected chi connectivity index (χ4v) is 3.25. The van der Waals surface area contributed by atoms with Crippen molar-refractivity contribution >= 4 is 27.6 Å². The molecule has 23 heavy (non-hydrogen) atoms. The predicted octanol–water partition coefficient (Wildman–Crippen LogP) is 2.96. The second-order valence-electron chi connectivity index (χ2n) is 5.44. The summed E-state index contributed by atoms with van der Waals surface area (Å²) in [5, 5.41) is 9.24. The van der Waals surface area contributed by atoms with E-state index in [1.807, 2.05) is 22.9 Å². The molecule has 0 radical (unpaired) electrons. The van der Waals surface area contributed by atoms with Crippen molar-refractivity contribution in [3.05, 3.63) is 46.4 Å². The molecule has 5 nitrogen and oxygen atoms in total. The van der Waals surface area contributed by atoms with E-state index in [-0.39, 0.29) is 11.6 Å². The molecule has 1 fully saturated rings. The number of halogens is 2. The molecule has 2 heterocycles. The molecule has 1 unspecified atom stereocenters. The SMILES string of the molecule is CN(c1ncccn1)C1CCN(c2cc(Br)cc(F)c2C#N)C1. The first-order valence-corrected chi connectivity index (χ1v) is 8.03.